The Bertz CT molecular complexity index is 579. The third kappa shape index (κ3) is 2.53. The highest BCUT2D eigenvalue weighted by Gasteiger charge is 2.12. The fourth-order valence-corrected chi connectivity index (χ4v) is 2.13. The normalized spacial score (nSPS) is 10.9. The third-order valence-corrected chi connectivity index (χ3v) is 3.31. The smallest absolute Gasteiger partial charge is 0.133 e. The minimum Gasteiger partial charge on any atom is -0.383 e. The second-order valence-corrected chi connectivity index (χ2v) is 5.52. The Balaban J connectivity index is 2.63. The number of nitrogens with two attached hydrogens (primary N) is 1. The van der Waals surface area contributed by atoms with E-state index < -0.39 is 0 Å². The Morgan fingerprint density at radius 3 is 2.56 bits per heavy atom. The van der Waals surface area contributed by atoms with Gasteiger partial charge in [-0.3, -0.25) is 0 Å². The van der Waals surface area contributed by atoms with Crippen molar-refractivity contribution in [3.8, 4) is 11.3 Å². The van der Waals surface area contributed by atoms with Gasteiger partial charge in [-0.15, -0.1) is 0 Å². The van der Waals surface area contributed by atoms with E-state index in [2.05, 4.69) is 39.7 Å². The van der Waals surface area contributed by atoms with Gasteiger partial charge in [0, 0.05) is 21.5 Å². The van der Waals surface area contributed by atoms with Crippen molar-refractivity contribution in [2.75, 3.05) is 5.73 Å². The molecule has 0 spiro atoms. The van der Waals surface area contributed by atoms with Crippen LogP contribution in [-0.4, -0.2) is 9.97 Å². The number of hydrogen-bond donors (Lipinski definition) is 1. The average molecular weight is 306 g/mol. The lowest BCUT2D eigenvalue weighted by Gasteiger charge is -2.12. The summed E-state index contributed by atoms with van der Waals surface area (Å²) in [5.41, 5.74) is 8.86. The number of nitrogens with zero attached hydrogens (tertiary/aromatic N) is 2. The maximum Gasteiger partial charge on any atom is 0.133 e. The number of hydrogen-bond acceptors (Lipinski definition) is 3. The van der Waals surface area contributed by atoms with Crippen LogP contribution < -0.4 is 5.73 Å². The van der Waals surface area contributed by atoms with Gasteiger partial charge in [-0.25, -0.2) is 9.97 Å². The number of nitrogen functional groups attached to an aromatic ring is 1. The molecule has 18 heavy (non-hydrogen) atoms. The maximum atomic E-state index is 5.97. The average Bonchev–Trinajstić information content (AvgIpc) is 2.32. The van der Waals surface area contributed by atoms with E-state index in [4.69, 9.17) is 5.73 Å². The summed E-state index contributed by atoms with van der Waals surface area (Å²) in [6, 6.07) is 8.06. The highest BCUT2D eigenvalue weighted by molar-refractivity contribution is 9.10. The summed E-state index contributed by atoms with van der Waals surface area (Å²) in [7, 11) is 0. The van der Waals surface area contributed by atoms with Crippen molar-refractivity contribution >= 4 is 21.7 Å². The number of benzene rings is 1. The molecule has 0 atom stereocenters. The molecule has 0 aliphatic rings. The first-order chi connectivity index (χ1) is 8.49. The fraction of sp³-hybridized carbons (Fsp3) is 0.286. The van der Waals surface area contributed by atoms with E-state index in [0.29, 0.717) is 5.82 Å². The predicted molar refractivity (Wildman–Crippen MR) is 78.4 cm³/mol. The molecule has 0 radical (unpaired) electrons. The molecule has 1 heterocycles. The van der Waals surface area contributed by atoms with Crippen molar-refractivity contribution in [3.63, 3.8) is 0 Å². The summed E-state index contributed by atoms with van der Waals surface area (Å²) in [5.74, 6) is 1.61. The zero-order chi connectivity index (χ0) is 13.3. The second-order valence-electron chi connectivity index (χ2n) is 4.61. The first-order valence-electron chi connectivity index (χ1n) is 5.89. The molecular weight excluding hydrogens is 290 g/mol. The zero-order valence-electron chi connectivity index (χ0n) is 10.7. The highest BCUT2D eigenvalue weighted by atomic mass is 79.9. The van der Waals surface area contributed by atoms with Gasteiger partial charge in [0.25, 0.3) is 0 Å². The molecule has 2 N–H and O–H groups in total. The topological polar surface area (TPSA) is 51.8 Å². The van der Waals surface area contributed by atoms with Crippen LogP contribution in [0.25, 0.3) is 11.3 Å². The van der Waals surface area contributed by atoms with Crippen LogP contribution in [0.4, 0.5) is 5.82 Å². The van der Waals surface area contributed by atoms with E-state index in [1.165, 1.54) is 0 Å². The van der Waals surface area contributed by atoms with Gasteiger partial charge >= 0.3 is 0 Å². The summed E-state index contributed by atoms with van der Waals surface area (Å²) in [6.45, 7) is 6.08. The van der Waals surface area contributed by atoms with E-state index in [0.717, 1.165) is 27.1 Å². The van der Waals surface area contributed by atoms with Crippen molar-refractivity contribution in [3.05, 3.63) is 40.1 Å². The number of anilines is 1. The lowest BCUT2D eigenvalue weighted by Crippen LogP contribution is -2.06. The molecule has 1 aromatic carbocycles. The molecule has 0 saturated heterocycles. The molecule has 0 aliphatic carbocycles. The van der Waals surface area contributed by atoms with Gasteiger partial charge in [-0.2, -0.15) is 0 Å². The van der Waals surface area contributed by atoms with Crippen LogP contribution in [0.1, 0.15) is 31.2 Å². The maximum absolute atomic E-state index is 5.97. The largest absolute Gasteiger partial charge is 0.383 e. The lowest BCUT2D eigenvalue weighted by atomic mass is 10.1. The number of aromatic nitrogens is 2. The van der Waals surface area contributed by atoms with Crippen LogP contribution >= 0.6 is 15.9 Å². The first kappa shape index (κ1) is 13.0. The fourth-order valence-electron chi connectivity index (χ4n) is 1.73. The summed E-state index contributed by atoms with van der Waals surface area (Å²) < 4.78 is 1.03. The Hall–Kier alpha value is -1.42. The van der Waals surface area contributed by atoms with Crippen LogP contribution in [0.5, 0.6) is 0 Å². The second kappa shape index (κ2) is 5.06. The molecule has 0 unspecified atom stereocenters. The lowest BCUT2D eigenvalue weighted by molar-refractivity contribution is 0.776. The van der Waals surface area contributed by atoms with Gasteiger partial charge in [0.2, 0.25) is 0 Å². The standard InChI is InChI=1S/C14H16BrN3/c1-8(2)14-17-12(9(3)13(16)18-14)10-5-4-6-11(15)7-10/h4-8H,1-3H3,(H2,16,17,18). The summed E-state index contributed by atoms with van der Waals surface area (Å²) in [6.07, 6.45) is 0. The summed E-state index contributed by atoms with van der Waals surface area (Å²) in [4.78, 5) is 8.97. The van der Waals surface area contributed by atoms with Crippen molar-refractivity contribution in [1.82, 2.24) is 9.97 Å². The molecule has 2 rings (SSSR count). The molecule has 0 aliphatic heterocycles. The quantitative estimate of drug-likeness (QED) is 0.915. The molecule has 0 amide bonds. The van der Waals surface area contributed by atoms with E-state index in [1.807, 2.05) is 31.2 Å². The van der Waals surface area contributed by atoms with E-state index in [-0.39, 0.29) is 5.92 Å². The summed E-state index contributed by atoms with van der Waals surface area (Å²) >= 11 is 3.48. The minimum absolute atomic E-state index is 0.263. The molecule has 0 fully saturated rings. The van der Waals surface area contributed by atoms with Crippen molar-refractivity contribution < 1.29 is 0 Å². The van der Waals surface area contributed by atoms with E-state index in [9.17, 15) is 0 Å². The van der Waals surface area contributed by atoms with Gasteiger partial charge in [0.05, 0.1) is 5.69 Å². The molecule has 94 valence electrons. The summed E-state index contributed by atoms with van der Waals surface area (Å²) in [5, 5.41) is 0. The first-order valence-corrected chi connectivity index (χ1v) is 6.68. The Labute approximate surface area is 116 Å². The van der Waals surface area contributed by atoms with Crippen LogP contribution in [-0.2, 0) is 0 Å². The minimum atomic E-state index is 0.263. The SMILES string of the molecule is Cc1c(N)nc(C(C)C)nc1-c1cccc(Br)c1. The molecule has 3 nitrogen and oxygen atoms in total. The van der Waals surface area contributed by atoms with Crippen LogP contribution in [0.15, 0.2) is 28.7 Å². The molecule has 1 aromatic heterocycles. The predicted octanol–water partition coefficient (Wildman–Crippen LogP) is 3.92. The Kier molecular flexibility index (Phi) is 3.66. The zero-order valence-corrected chi connectivity index (χ0v) is 12.3. The molecule has 2 aromatic rings. The molecule has 0 bridgehead atoms. The third-order valence-electron chi connectivity index (χ3n) is 2.82. The van der Waals surface area contributed by atoms with Gasteiger partial charge in [0.15, 0.2) is 0 Å². The number of halogens is 1. The Morgan fingerprint density at radius 1 is 1.22 bits per heavy atom. The van der Waals surface area contributed by atoms with Crippen molar-refractivity contribution in [2.45, 2.75) is 26.7 Å². The van der Waals surface area contributed by atoms with Gasteiger partial charge in [-0.05, 0) is 19.1 Å². The Morgan fingerprint density at radius 2 is 1.94 bits per heavy atom. The van der Waals surface area contributed by atoms with Gasteiger partial charge in [-0.1, -0.05) is 41.9 Å². The van der Waals surface area contributed by atoms with Crippen LogP contribution in [0.2, 0.25) is 0 Å². The molecule has 0 saturated carbocycles. The van der Waals surface area contributed by atoms with Crippen LogP contribution in [0, 0.1) is 6.92 Å². The van der Waals surface area contributed by atoms with Crippen molar-refractivity contribution in [1.29, 1.82) is 0 Å². The van der Waals surface area contributed by atoms with Crippen molar-refractivity contribution in [2.24, 2.45) is 0 Å². The monoisotopic (exact) mass is 305 g/mol. The van der Waals surface area contributed by atoms with E-state index in [1.54, 1.807) is 0 Å². The molecular formula is C14H16BrN3. The van der Waals surface area contributed by atoms with E-state index >= 15 is 0 Å². The van der Waals surface area contributed by atoms with Gasteiger partial charge < -0.3 is 5.73 Å². The van der Waals surface area contributed by atoms with Crippen LogP contribution in [0.3, 0.4) is 0 Å². The highest BCUT2D eigenvalue weighted by Crippen LogP contribution is 2.27. The number of rotatable bonds is 2. The molecule has 4 heteroatoms. The van der Waals surface area contributed by atoms with Gasteiger partial charge in [0.1, 0.15) is 11.6 Å².